The molecule has 0 atom stereocenters. The molecule has 0 aromatic heterocycles. The fourth-order valence-electron chi connectivity index (χ4n) is 1.27. The van der Waals surface area contributed by atoms with E-state index in [2.05, 4.69) is 32.3 Å². The van der Waals surface area contributed by atoms with E-state index in [1.165, 1.54) is 5.57 Å². The minimum absolute atomic E-state index is 0.322. The van der Waals surface area contributed by atoms with Crippen molar-refractivity contribution in [2.24, 2.45) is 0 Å². The zero-order chi connectivity index (χ0) is 9.61. The second-order valence-corrected chi connectivity index (χ2v) is 9.37. The van der Waals surface area contributed by atoms with Gasteiger partial charge in [-0.15, -0.1) is 0 Å². The standard InChI is InChI=1S/C10H22OSi/c1-5-10(7-6-8-11)9-12(2,3)4/h9,11H,5-8H2,1-4H3/b10-9+. The summed E-state index contributed by atoms with van der Waals surface area (Å²) in [5.74, 6) is 0. The maximum atomic E-state index is 8.69. The van der Waals surface area contributed by atoms with Gasteiger partial charge in [0.25, 0.3) is 0 Å². The maximum Gasteiger partial charge on any atom is 0.0686 e. The van der Waals surface area contributed by atoms with Gasteiger partial charge in [-0.1, -0.05) is 37.8 Å². The lowest BCUT2D eigenvalue weighted by Crippen LogP contribution is -2.16. The van der Waals surface area contributed by atoms with Crippen molar-refractivity contribution in [2.75, 3.05) is 6.61 Å². The van der Waals surface area contributed by atoms with Crippen molar-refractivity contribution >= 4 is 8.07 Å². The van der Waals surface area contributed by atoms with Crippen molar-refractivity contribution < 1.29 is 5.11 Å². The zero-order valence-electron chi connectivity index (χ0n) is 8.85. The molecule has 0 unspecified atom stereocenters. The van der Waals surface area contributed by atoms with E-state index in [0.29, 0.717) is 6.61 Å². The predicted octanol–water partition coefficient (Wildman–Crippen LogP) is 2.97. The minimum atomic E-state index is -1.03. The van der Waals surface area contributed by atoms with E-state index in [0.717, 1.165) is 19.3 Å². The molecule has 0 aromatic rings. The lowest BCUT2D eigenvalue weighted by molar-refractivity contribution is 0.288. The highest BCUT2D eigenvalue weighted by atomic mass is 28.3. The topological polar surface area (TPSA) is 20.2 Å². The number of aliphatic hydroxyl groups is 1. The van der Waals surface area contributed by atoms with E-state index in [1.807, 2.05) is 0 Å². The highest BCUT2D eigenvalue weighted by Crippen LogP contribution is 2.14. The van der Waals surface area contributed by atoms with Crippen molar-refractivity contribution in [3.05, 3.63) is 11.3 Å². The molecular weight excluding hydrogens is 164 g/mol. The molecule has 1 nitrogen and oxygen atoms in total. The molecule has 0 rings (SSSR count). The first-order chi connectivity index (χ1) is 5.49. The molecule has 0 aliphatic heterocycles. The largest absolute Gasteiger partial charge is 0.396 e. The number of allylic oxidation sites excluding steroid dienone is 1. The van der Waals surface area contributed by atoms with E-state index in [4.69, 9.17) is 5.11 Å². The molecule has 0 saturated carbocycles. The summed E-state index contributed by atoms with van der Waals surface area (Å²) in [7, 11) is -1.03. The Bertz CT molecular complexity index is 144. The highest BCUT2D eigenvalue weighted by molar-refractivity contribution is 6.81. The van der Waals surface area contributed by atoms with E-state index in [1.54, 1.807) is 0 Å². The SMILES string of the molecule is CC/C(=C\[Si](C)(C)C)CCCO. The number of aliphatic hydroxyl groups excluding tert-OH is 1. The van der Waals surface area contributed by atoms with Crippen LogP contribution in [0.15, 0.2) is 11.3 Å². The highest BCUT2D eigenvalue weighted by Gasteiger charge is 2.09. The number of hydrogen-bond acceptors (Lipinski definition) is 1. The molecule has 0 spiro atoms. The van der Waals surface area contributed by atoms with Crippen molar-refractivity contribution in [3.63, 3.8) is 0 Å². The van der Waals surface area contributed by atoms with Crippen molar-refractivity contribution in [1.29, 1.82) is 0 Å². The van der Waals surface area contributed by atoms with Crippen LogP contribution < -0.4 is 0 Å². The third-order valence-corrected chi connectivity index (χ3v) is 3.02. The average molecular weight is 186 g/mol. The van der Waals surface area contributed by atoms with Gasteiger partial charge in [-0.05, 0) is 19.3 Å². The molecule has 0 amide bonds. The van der Waals surface area contributed by atoms with Gasteiger partial charge in [0.05, 0.1) is 8.07 Å². The second kappa shape index (κ2) is 5.54. The molecule has 12 heavy (non-hydrogen) atoms. The molecule has 0 heterocycles. The Morgan fingerprint density at radius 1 is 1.33 bits per heavy atom. The van der Waals surface area contributed by atoms with E-state index in [9.17, 15) is 0 Å². The Balaban J connectivity index is 4.04. The van der Waals surface area contributed by atoms with Crippen LogP contribution in [0, 0.1) is 0 Å². The van der Waals surface area contributed by atoms with Crippen molar-refractivity contribution in [2.45, 2.75) is 45.8 Å². The summed E-state index contributed by atoms with van der Waals surface area (Å²) < 4.78 is 0. The fourth-order valence-corrected chi connectivity index (χ4v) is 2.84. The van der Waals surface area contributed by atoms with Crippen LogP contribution in [0.1, 0.15) is 26.2 Å². The first kappa shape index (κ1) is 11.9. The summed E-state index contributed by atoms with van der Waals surface area (Å²) in [5, 5.41) is 8.69. The molecule has 0 aliphatic carbocycles. The molecule has 0 radical (unpaired) electrons. The van der Waals surface area contributed by atoms with Gasteiger partial charge in [0.1, 0.15) is 0 Å². The first-order valence-corrected chi connectivity index (χ1v) is 8.39. The summed E-state index contributed by atoms with van der Waals surface area (Å²) in [4.78, 5) is 0. The molecule has 0 fully saturated rings. The summed E-state index contributed by atoms with van der Waals surface area (Å²) in [6, 6.07) is 0. The average Bonchev–Trinajstić information content (AvgIpc) is 1.95. The minimum Gasteiger partial charge on any atom is -0.396 e. The molecular formula is C10H22OSi. The van der Waals surface area contributed by atoms with E-state index >= 15 is 0 Å². The Hall–Kier alpha value is -0.0831. The van der Waals surface area contributed by atoms with Gasteiger partial charge in [0.15, 0.2) is 0 Å². The molecule has 0 aliphatic rings. The number of hydrogen-bond donors (Lipinski definition) is 1. The van der Waals surface area contributed by atoms with Crippen LogP contribution in [-0.4, -0.2) is 19.8 Å². The molecule has 0 bridgehead atoms. The Morgan fingerprint density at radius 2 is 1.92 bits per heavy atom. The van der Waals surface area contributed by atoms with Crippen LogP contribution in [0.25, 0.3) is 0 Å². The third-order valence-electron chi connectivity index (χ3n) is 1.75. The fraction of sp³-hybridized carbons (Fsp3) is 0.800. The van der Waals surface area contributed by atoms with Gasteiger partial charge in [-0.25, -0.2) is 0 Å². The quantitative estimate of drug-likeness (QED) is 0.655. The van der Waals surface area contributed by atoms with Crippen LogP contribution in [0.5, 0.6) is 0 Å². The van der Waals surface area contributed by atoms with Crippen LogP contribution in [0.3, 0.4) is 0 Å². The second-order valence-electron chi connectivity index (χ2n) is 4.35. The molecule has 72 valence electrons. The van der Waals surface area contributed by atoms with Gasteiger partial charge < -0.3 is 5.11 Å². The van der Waals surface area contributed by atoms with Gasteiger partial charge >= 0.3 is 0 Å². The normalized spacial score (nSPS) is 13.6. The molecule has 2 heteroatoms. The number of rotatable bonds is 5. The third kappa shape index (κ3) is 6.62. The van der Waals surface area contributed by atoms with Crippen LogP contribution >= 0.6 is 0 Å². The molecule has 0 saturated heterocycles. The van der Waals surface area contributed by atoms with Crippen LogP contribution in [-0.2, 0) is 0 Å². The Labute approximate surface area is 77.5 Å². The smallest absolute Gasteiger partial charge is 0.0686 e. The van der Waals surface area contributed by atoms with Gasteiger partial charge in [0, 0.05) is 6.61 Å². The summed E-state index contributed by atoms with van der Waals surface area (Å²) in [5.41, 5.74) is 3.99. The summed E-state index contributed by atoms with van der Waals surface area (Å²) in [6.07, 6.45) is 3.14. The lowest BCUT2D eigenvalue weighted by atomic mass is 10.1. The Kier molecular flexibility index (Phi) is 5.50. The van der Waals surface area contributed by atoms with Gasteiger partial charge in [0.2, 0.25) is 0 Å². The van der Waals surface area contributed by atoms with E-state index < -0.39 is 8.07 Å². The predicted molar refractivity (Wildman–Crippen MR) is 58.0 cm³/mol. The Morgan fingerprint density at radius 3 is 2.25 bits per heavy atom. The van der Waals surface area contributed by atoms with Crippen LogP contribution in [0.4, 0.5) is 0 Å². The van der Waals surface area contributed by atoms with E-state index in [-0.39, 0.29) is 0 Å². The lowest BCUT2D eigenvalue weighted by Gasteiger charge is -2.13. The molecule has 1 N–H and O–H groups in total. The molecule has 0 aromatic carbocycles. The summed E-state index contributed by atoms with van der Waals surface area (Å²) >= 11 is 0. The van der Waals surface area contributed by atoms with Crippen molar-refractivity contribution in [1.82, 2.24) is 0 Å². The zero-order valence-corrected chi connectivity index (χ0v) is 9.85. The summed E-state index contributed by atoms with van der Waals surface area (Å²) in [6.45, 7) is 9.57. The van der Waals surface area contributed by atoms with Gasteiger partial charge in [-0.2, -0.15) is 0 Å². The first-order valence-electron chi connectivity index (χ1n) is 4.81. The van der Waals surface area contributed by atoms with Crippen LogP contribution in [0.2, 0.25) is 19.6 Å². The van der Waals surface area contributed by atoms with Gasteiger partial charge in [-0.3, -0.25) is 0 Å². The maximum absolute atomic E-state index is 8.69. The van der Waals surface area contributed by atoms with Crippen molar-refractivity contribution in [3.8, 4) is 0 Å². The monoisotopic (exact) mass is 186 g/mol.